The molecular formula is C42H56N4O13. The molecule has 17 heteroatoms. The second-order valence-corrected chi connectivity index (χ2v) is 14.5. The van der Waals surface area contributed by atoms with Gasteiger partial charge in [0.25, 0.3) is 5.69 Å². The number of non-ortho nitro benzene ring substituents is 1. The van der Waals surface area contributed by atoms with E-state index in [1.54, 1.807) is 31.2 Å². The lowest BCUT2D eigenvalue weighted by molar-refractivity contribution is -0.384. The number of aliphatic hydroxyl groups is 3. The van der Waals surface area contributed by atoms with Crippen molar-refractivity contribution in [1.29, 1.82) is 0 Å². The number of ether oxygens (including phenoxy) is 5. The molecular weight excluding hydrogens is 768 g/mol. The summed E-state index contributed by atoms with van der Waals surface area (Å²) in [5.74, 6) is -1.97. The number of hydrogen-bond acceptors (Lipinski definition) is 14. The number of rotatable bonds is 22. The summed E-state index contributed by atoms with van der Waals surface area (Å²) in [6.07, 6.45) is 6.48. The van der Waals surface area contributed by atoms with Gasteiger partial charge >= 0.3 is 12.2 Å². The van der Waals surface area contributed by atoms with Crippen molar-refractivity contribution in [2.45, 2.75) is 69.6 Å². The summed E-state index contributed by atoms with van der Waals surface area (Å²) >= 11 is 0. The molecule has 2 amide bonds. The fraction of sp³-hybridized carbons (Fsp3) is 0.548. The van der Waals surface area contributed by atoms with Crippen LogP contribution in [0.2, 0.25) is 0 Å². The number of carbonyl (C=O) groups excluding carboxylic acids is 2. The highest BCUT2D eigenvalue weighted by Crippen LogP contribution is 2.62. The minimum absolute atomic E-state index is 0.00860. The number of amides is 2. The van der Waals surface area contributed by atoms with Crippen LogP contribution in [-0.2, 0) is 14.3 Å². The number of benzene rings is 2. The van der Waals surface area contributed by atoms with Crippen LogP contribution in [0.25, 0.3) is 0 Å². The van der Waals surface area contributed by atoms with Gasteiger partial charge in [-0.2, -0.15) is 0 Å². The van der Waals surface area contributed by atoms with Gasteiger partial charge in [0.2, 0.25) is 5.79 Å². The number of allylic oxidation sites excluding steroid dienone is 1. The number of hydrogen-bond donors (Lipinski definition) is 4. The Morgan fingerprint density at radius 2 is 1.76 bits per heavy atom. The number of fused-ring (bicyclic) bond motifs is 2. The van der Waals surface area contributed by atoms with Crippen molar-refractivity contribution in [2.24, 2.45) is 22.9 Å². The van der Waals surface area contributed by atoms with E-state index in [1.807, 2.05) is 0 Å². The Hall–Kier alpha value is -5.07. The standard InChI is InChI=1S/C42H56N4O13/c1-4-22-56-42-37(45(18-23-55-24-21-49)41(51)58-30-14-12-29(13-15-30)46(52)53)27-35(44-54-3)33-25-28(10-6-8-19-47)32(11-7-9-20-48)38(39(33)42)34-26-31(16-17-36(34)59-42)57-40(50)43-5-2/h4,12-17,25-26,28,32,37-39,47-49H,1,5-11,18-24,27H2,2-3H3,(H,43,50)/t28-,32+,37-,38+,39+,42+/m0/s1. The molecule has 6 atom stereocenters. The van der Waals surface area contributed by atoms with Gasteiger partial charge in [-0.05, 0) is 80.3 Å². The number of aliphatic hydroxyl groups excluding tert-OH is 3. The highest BCUT2D eigenvalue weighted by Gasteiger charge is 2.65. The molecule has 3 aliphatic rings. The van der Waals surface area contributed by atoms with E-state index >= 15 is 0 Å². The average Bonchev–Trinajstić information content (AvgIpc) is 3.22. The molecule has 0 unspecified atom stereocenters. The summed E-state index contributed by atoms with van der Waals surface area (Å²) < 4.78 is 31.3. The molecule has 4 N–H and O–H groups in total. The molecule has 1 aliphatic heterocycles. The van der Waals surface area contributed by atoms with Crippen LogP contribution in [0, 0.1) is 27.9 Å². The number of carbonyl (C=O) groups is 2. The lowest BCUT2D eigenvalue weighted by Gasteiger charge is -2.59. The number of nitrogens with one attached hydrogen (secondary N) is 1. The molecule has 2 aliphatic carbocycles. The minimum Gasteiger partial charge on any atom is -0.459 e. The fourth-order valence-electron chi connectivity index (χ4n) is 8.61. The second kappa shape index (κ2) is 21.8. The molecule has 0 bridgehead atoms. The maximum absolute atomic E-state index is 14.5. The zero-order valence-corrected chi connectivity index (χ0v) is 33.7. The summed E-state index contributed by atoms with van der Waals surface area (Å²) in [5.41, 5.74) is 1.91. The van der Waals surface area contributed by atoms with Crippen LogP contribution in [0.5, 0.6) is 17.2 Å². The van der Waals surface area contributed by atoms with Crippen molar-refractivity contribution in [3.05, 3.63) is 82.4 Å². The van der Waals surface area contributed by atoms with E-state index in [1.165, 1.54) is 36.3 Å². The lowest BCUT2D eigenvalue weighted by Crippen LogP contribution is -2.70. The number of unbranched alkanes of at least 4 members (excludes halogenated alkanes) is 2. The van der Waals surface area contributed by atoms with Gasteiger partial charge in [0, 0.05) is 56.3 Å². The third kappa shape index (κ3) is 10.6. The zero-order valence-electron chi connectivity index (χ0n) is 33.7. The van der Waals surface area contributed by atoms with Crippen LogP contribution in [0.4, 0.5) is 15.3 Å². The predicted octanol–water partition coefficient (Wildman–Crippen LogP) is 5.48. The van der Waals surface area contributed by atoms with Crippen LogP contribution in [0.1, 0.15) is 63.4 Å². The van der Waals surface area contributed by atoms with Crippen molar-refractivity contribution in [1.82, 2.24) is 10.2 Å². The van der Waals surface area contributed by atoms with Crippen molar-refractivity contribution in [3.8, 4) is 17.2 Å². The molecule has 1 saturated carbocycles. The molecule has 0 spiro atoms. The molecule has 1 heterocycles. The van der Waals surface area contributed by atoms with Gasteiger partial charge in [-0.25, -0.2) is 9.59 Å². The highest BCUT2D eigenvalue weighted by atomic mass is 16.7. The van der Waals surface area contributed by atoms with Gasteiger partial charge in [-0.1, -0.05) is 30.1 Å². The smallest absolute Gasteiger partial charge is 0.415 e. The minimum atomic E-state index is -1.62. The molecule has 5 rings (SSSR count). The molecule has 59 heavy (non-hydrogen) atoms. The summed E-state index contributed by atoms with van der Waals surface area (Å²) in [6, 6.07) is 9.33. The number of nitro groups is 1. The van der Waals surface area contributed by atoms with Crippen LogP contribution >= 0.6 is 0 Å². The summed E-state index contributed by atoms with van der Waals surface area (Å²) in [5, 5.41) is 47.7. The Kier molecular flexibility index (Phi) is 16.6. The fourth-order valence-corrected chi connectivity index (χ4v) is 8.61. The summed E-state index contributed by atoms with van der Waals surface area (Å²) in [7, 11) is 1.44. The van der Waals surface area contributed by atoms with E-state index in [2.05, 4.69) is 23.1 Å². The first-order chi connectivity index (χ1) is 28.7. The molecule has 0 aromatic heterocycles. The topological polar surface area (TPSA) is 221 Å². The second-order valence-electron chi connectivity index (χ2n) is 14.5. The average molecular weight is 825 g/mol. The van der Waals surface area contributed by atoms with Gasteiger partial charge in [-0.15, -0.1) is 6.58 Å². The van der Waals surface area contributed by atoms with Gasteiger partial charge in [-0.3, -0.25) is 15.0 Å². The molecule has 322 valence electrons. The number of nitro benzene ring substituents is 1. The normalized spacial score (nSPS) is 23.5. The Bertz CT molecular complexity index is 1800. The van der Waals surface area contributed by atoms with Gasteiger partial charge in [0.15, 0.2) is 0 Å². The molecule has 0 saturated heterocycles. The first-order valence-corrected chi connectivity index (χ1v) is 20.1. The molecule has 2 aromatic rings. The first kappa shape index (κ1) is 45.0. The van der Waals surface area contributed by atoms with E-state index in [0.717, 1.165) is 24.0 Å². The maximum atomic E-state index is 14.5. The van der Waals surface area contributed by atoms with Gasteiger partial charge in [0.05, 0.1) is 43.0 Å². The van der Waals surface area contributed by atoms with Crippen LogP contribution < -0.4 is 19.5 Å². The SMILES string of the molecule is C=CCO[C@@]12Oc3ccc(OC(=O)NCC)cc3[C@H]3[C@H](CCCCO)[C@@H](CCCCO)C=C(C(=NOC)C[C@@H]1N(CCOCCO)C(=O)Oc1ccc([N+](=O)[O-])cc1)[C@H]32. The van der Waals surface area contributed by atoms with E-state index < -0.39 is 34.9 Å². The maximum Gasteiger partial charge on any atom is 0.415 e. The Morgan fingerprint density at radius 1 is 1.03 bits per heavy atom. The largest absolute Gasteiger partial charge is 0.459 e. The van der Waals surface area contributed by atoms with Crippen LogP contribution in [0.3, 0.4) is 0 Å². The predicted molar refractivity (Wildman–Crippen MR) is 215 cm³/mol. The summed E-state index contributed by atoms with van der Waals surface area (Å²) in [6.45, 7) is 5.88. The highest BCUT2D eigenvalue weighted by molar-refractivity contribution is 6.03. The van der Waals surface area contributed by atoms with E-state index in [-0.39, 0.29) is 81.8 Å². The first-order valence-electron chi connectivity index (χ1n) is 20.1. The van der Waals surface area contributed by atoms with Gasteiger partial charge < -0.3 is 49.2 Å². The van der Waals surface area contributed by atoms with E-state index in [0.29, 0.717) is 49.4 Å². The van der Waals surface area contributed by atoms with Gasteiger partial charge in [0.1, 0.15) is 30.4 Å². The Morgan fingerprint density at radius 3 is 2.42 bits per heavy atom. The molecule has 17 nitrogen and oxygen atoms in total. The Balaban J connectivity index is 1.74. The van der Waals surface area contributed by atoms with Crippen LogP contribution in [-0.4, -0.2) is 115 Å². The summed E-state index contributed by atoms with van der Waals surface area (Å²) in [4.78, 5) is 44.9. The van der Waals surface area contributed by atoms with Crippen molar-refractivity contribution in [2.75, 3.05) is 59.8 Å². The molecule has 1 fully saturated rings. The lowest BCUT2D eigenvalue weighted by atomic mass is 9.55. The number of oxime groups is 1. The van der Waals surface area contributed by atoms with E-state index in [4.69, 9.17) is 28.5 Å². The third-order valence-electron chi connectivity index (χ3n) is 11.0. The third-order valence-corrected chi connectivity index (χ3v) is 11.0. The monoisotopic (exact) mass is 824 g/mol. The van der Waals surface area contributed by atoms with Crippen LogP contribution in [0.15, 0.2) is 71.9 Å². The van der Waals surface area contributed by atoms with Crippen molar-refractivity contribution >= 4 is 23.6 Å². The number of nitrogens with zero attached hydrogens (tertiary/aromatic N) is 3. The molecule has 2 aromatic carbocycles. The Labute approximate surface area is 343 Å². The zero-order chi connectivity index (χ0) is 42.4. The van der Waals surface area contributed by atoms with Crippen molar-refractivity contribution in [3.63, 3.8) is 0 Å². The van der Waals surface area contributed by atoms with Crippen molar-refractivity contribution < 1.29 is 58.4 Å². The van der Waals surface area contributed by atoms with E-state index in [9.17, 15) is 35.0 Å². The molecule has 0 radical (unpaired) electrons. The quantitative estimate of drug-likeness (QED) is 0.0501.